The predicted molar refractivity (Wildman–Crippen MR) is 74.0 cm³/mol. The van der Waals surface area contributed by atoms with E-state index in [2.05, 4.69) is 19.1 Å². The molecule has 1 aromatic rings. The van der Waals surface area contributed by atoms with E-state index >= 15 is 0 Å². The first kappa shape index (κ1) is 15.2. The van der Waals surface area contributed by atoms with Gasteiger partial charge in [-0.1, -0.05) is 31.2 Å². The maximum absolute atomic E-state index is 11.9. The van der Waals surface area contributed by atoms with Gasteiger partial charge in [-0.05, 0) is 30.9 Å². The van der Waals surface area contributed by atoms with Crippen molar-refractivity contribution >= 4 is 11.9 Å². The number of aliphatic carboxylic acids is 1. The second-order valence-corrected chi connectivity index (χ2v) is 4.47. The number of carbonyl (C=O) groups is 2. The van der Waals surface area contributed by atoms with Gasteiger partial charge in [0.2, 0.25) is 5.91 Å². The monoisotopic (exact) mass is 263 g/mol. The fourth-order valence-electron chi connectivity index (χ4n) is 1.89. The second-order valence-electron chi connectivity index (χ2n) is 4.47. The van der Waals surface area contributed by atoms with Crippen molar-refractivity contribution in [2.75, 3.05) is 13.1 Å². The third kappa shape index (κ3) is 5.12. The standard InChI is InChI=1S/C15H21NO3/c1-3-12-5-7-13(8-6-12)9-10-14(17)16(4-2)11-15(18)19/h5-8H,3-4,9-11H2,1-2H3,(H,18,19). The minimum Gasteiger partial charge on any atom is -0.480 e. The van der Waals surface area contributed by atoms with Gasteiger partial charge >= 0.3 is 5.97 Å². The lowest BCUT2D eigenvalue weighted by molar-refractivity contribution is -0.144. The average molecular weight is 263 g/mol. The van der Waals surface area contributed by atoms with Gasteiger partial charge in [-0.3, -0.25) is 9.59 Å². The number of likely N-dealkylation sites (N-methyl/N-ethyl adjacent to an activating group) is 1. The Hall–Kier alpha value is -1.84. The van der Waals surface area contributed by atoms with Gasteiger partial charge in [0.05, 0.1) is 0 Å². The fraction of sp³-hybridized carbons (Fsp3) is 0.467. The molecule has 4 heteroatoms. The van der Waals surface area contributed by atoms with E-state index in [4.69, 9.17) is 5.11 Å². The minimum atomic E-state index is -0.970. The van der Waals surface area contributed by atoms with E-state index in [-0.39, 0.29) is 12.5 Å². The molecule has 0 radical (unpaired) electrons. The van der Waals surface area contributed by atoms with E-state index in [9.17, 15) is 9.59 Å². The summed E-state index contributed by atoms with van der Waals surface area (Å²) in [5.41, 5.74) is 2.38. The zero-order valence-electron chi connectivity index (χ0n) is 11.6. The Kier molecular flexibility index (Phi) is 6.06. The number of carbonyl (C=O) groups excluding carboxylic acids is 1. The number of carboxylic acids is 1. The Labute approximate surface area is 114 Å². The van der Waals surface area contributed by atoms with Crippen molar-refractivity contribution in [3.63, 3.8) is 0 Å². The van der Waals surface area contributed by atoms with Crippen molar-refractivity contribution in [1.29, 1.82) is 0 Å². The molecule has 0 aliphatic carbocycles. The Bertz CT molecular complexity index is 426. The van der Waals surface area contributed by atoms with E-state index in [0.717, 1.165) is 12.0 Å². The van der Waals surface area contributed by atoms with Crippen LogP contribution in [0.4, 0.5) is 0 Å². The third-order valence-corrected chi connectivity index (χ3v) is 3.12. The lowest BCUT2D eigenvalue weighted by atomic mass is 10.1. The zero-order chi connectivity index (χ0) is 14.3. The van der Waals surface area contributed by atoms with E-state index in [1.54, 1.807) is 6.92 Å². The van der Waals surface area contributed by atoms with E-state index < -0.39 is 5.97 Å². The summed E-state index contributed by atoms with van der Waals surface area (Å²) in [6.07, 6.45) is 2.01. The average Bonchev–Trinajstić information content (AvgIpc) is 2.42. The van der Waals surface area contributed by atoms with Crippen molar-refractivity contribution in [3.05, 3.63) is 35.4 Å². The SMILES string of the molecule is CCc1ccc(CCC(=O)N(CC)CC(=O)O)cc1. The highest BCUT2D eigenvalue weighted by molar-refractivity contribution is 5.81. The molecule has 0 spiro atoms. The van der Waals surface area contributed by atoms with Gasteiger partial charge in [-0.15, -0.1) is 0 Å². The number of nitrogens with zero attached hydrogens (tertiary/aromatic N) is 1. The summed E-state index contributed by atoms with van der Waals surface area (Å²) in [7, 11) is 0. The summed E-state index contributed by atoms with van der Waals surface area (Å²) in [6.45, 7) is 4.10. The Balaban J connectivity index is 2.49. The molecule has 0 atom stereocenters. The van der Waals surface area contributed by atoms with Crippen molar-refractivity contribution in [2.24, 2.45) is 0 Å². The first-order chi connectivity index (χ1) is 9.06. The van der Waals surface area contributed by atoms with Gasteiger partial charge in [0, 0.05) is 13.0 Å². The van der Waals surface area contributed by atoms with Gasteiger partial charge in [0.1, 0.15) is 6.54 Å². The molecule has 0 aliphatic rings. The number of amides is 1. The van der Waals surface area contributed by atoms with Crippen molar-refractivity contribution in [3.8, 4) is 0 Å². The Morgan fingerprint density at radius 2 is 1.68 bits per heavy atom. The quantitative estimate of drug-likeness (QED) is 0.819. The summed E-state index contributed by atoms with van der Waals surface area (Å²) >= 11 is 0. The summed E-state index contributed by atoms with van der Waals surface area (Å²) in [4.78, 5) is 23.9. The molecule has 19 heavy (non-hydrogen) atoms. The normalized spacial score (nSPS) is 10.2. The van der Waals surface area contributed by atoms with Crippen LogP contribution in [-0.2, 0) is 22.4 Å². The van der Waals surface area contributed by atoms with Crippen LogP contribution in [0, 0.1) is 0 Å². The highest BCUT2D eigenvalue weighted by Crippen LogP contribution is 2.08. The Morgan fingerprint density at radius 1 is 1.11 bits per heavy atom. The molecule has 0 fully saturated rings. The summed E-state index contributed by atoms with van der Waals surface area (Å²) in [5, 5.41) is 8.71. The minimum absolute atomic E-state index is 0.107. The Morgan fingerprint density at radius 3 is 2.16 bits per heavy atom. The lowest BCUT2D eigenvalue weighted by Gasteiger charge is -2.18. The maximum Gasteiger partial charge on any atom is 0.323 e. The highest BCUT2D eigenvalue weighted by atomic mass is 16.4. The largest absolute Gasteiger partial charge is 0.480 e. The molecule has 4 nitrogen and oxygen atoms in total. The van der Waals surface area contributed by atoms with E-state index in [0.29, 0.717) is 19.4 Å². The van der Waals surface area contributed by atoms with Gasteiger partial charge in [-0.25, -0.2) is 0 Å². The maximum atomic E-state index is 11.9. The summed E-state index contributed by atoms with van der Waals surface area (Å²) in [5.74, 6) is -1.08. The van der Waals surface area contributed by atoms with E-state index in [1.807, 2.05) is 12.1 Å². The second kappa shape index (κ2) is 7.56. The predicted octanol–water partition coefficient (Wildman–Crippen LogP) is 2.11. The number of carboxylic acid groups (broad SMARTS) is 1. The van der Waals surface area contributed by atoms with Gasteiger partial charge in [0.25, 0.3) is 0 Å². The van der Waals surface area contributed by atoms with Crippen LogP contribution in [0.3, 0.4) is 0 Å². The van der Waals surface area contributed by atoms with Crippen LogP contribution in [-0.4, -0.2) is 35.0 Å². The molecule has 1 aromatic carbocycles. The summed E-state index contributed by atoms with van der Waals surface area (Å²) < 4.78 is 0. The number of aryl methyl sites for hydroxylation is 2. The number of hydrogen-bond acceptors (Lipinski definition) is 2. The molecule has 1 N–H and O–H groups in total. The van der Waals surface area contributed by atoms with Crippen LogP contribution in [0.5, 0.6) is 0 Å². The third-order valence-electron chi connectivity index (χ3n) is 3.12. The molecular formula is C15H21NO3. The molecule has 0 heterocycles. The first-order valence-corrected chi connectivity index (χ1v) is 6.64. The van der Waals surface area contributed by atoms with Crippen LogP contribution >= 0.6 is 0 Å². The van der Waals surface area contributed by atoms with Crippen molar-refractivity contribution in [2.45, 2.75) is 33.1 Å². The highest BCUT2D eigenvalue weighted by Gasteiger charge is 2.14. The summed E-state index contributed by atoms with van der Waals surface area (Å²) in [6, 6.07) is 8.18. The molecule has 0 aromatic heterocycles. The van der Waals surface area contributed by atoms with Crippen molar-refractivity contribution in [1.82, 2.24) is 4.90 Å². The molecule has 1 rings (SSSR count). The number of benzene rings is 1. The number of rotatable bonds is 7. The number of hydrogen-bond donors (Lipinski definition) is 1. The van der Waals surface area contributed by atoms with Crippen LogP contribution in [0.2, 0.25) is 0 Å². The molecule has 0 bridgehead atoms. The van der Waals surface area contributed by atoms with Crippen LogP contribution in [0.1, 0.15) is 31.4 Å². The molecule has 104 valence electrons. The topological polar surface area (TPSA) is 57.6 Å². The molecule has 0 aliphatic heterocycles. The lowest BCUT2D eigenvalue weighted by Crippen LogP contribution is -2.35. The smallest absolute Gasteiger partial charge is 0.323 e. The van der Waals surface area contributed by atoms with Crippen molar-refractivity contribution < 1.29 is 14.7 Å². The van der Waals surface area contributed by atoms with Crippen LogP contribution in [0.25, 0.3) is 0 Å². The van der Waals surface area contributed by atoms with Crippen LogP contribution < -0.4 is 0 Å². The van der Waals surface area contributed by atoms with Gasteiger partial charge in [0.15, 0.2) is 0 Å². The fourth-order valence-corrected chi connectivity index (χ4v) is 1.89. The molecule has 0 unspecified atom stereocenters. The van der Waals surface area contributed by atoms with Crippen LogP contribution in [0.15, 0.2) is 24.3 Å². The van der Waals surface area contributed by atoms with Gasteiger partial charge < -0.3 is 10.0 Å². The first-order valence-electron chi connectivity index (χ1n) is 6.64. The zero-order valence-corrected chi connectivity index (χ0v) is 11.6. The van der Waals surface area contributed by atoms with E-state index in [1.165, 1.54) is 10.5 Å². The molecule has 0 saturated carbocycles. The van der Waals surface area contributed by atoms with Gasteiger partial charge in [-0.2, -0.15) is 0 Å². The molecule has 0 saturated heterocycles. The molecular weight excluding hydrogens is 242 g/mol. The molecule has 1 amide bonds.